The van der Waals surface area contributed by atoms with Crippen molar-refractivity contribution in [1.29, 1.82) is 0 Å². The zero-order chi connectivity index (χ0) is 38.4. The second kappa shape index (κ2) is 19.1. The number of unbranched alkanes of at least 4 members (excludes halogenated alkanes) is 7. The summed E-state index contributed by atoms with van der Waals surface area (Å²) in [6.45, 7) is 1.14. The molecule has 7 rings (SSSR count). The van der Waals surface area contributed by atoms with E-state index in [1.54, 1.807) is 12.1 Å². The van der Waals surface area contributed by atoms with E-state index in [1.807, 2.05) is 109 Å². The highest BCUT2D eigenvalue weighted by molar-refractivity contribution is 5.98. The number of rotatable bonds is 18. The molecule has 0 unspecified atom stereocenters. The fourth-order valence-corrected chi connectivity index (χ4v) is 6.58. The Morgan fingerprint density at radius 2 is 1.11 bits per heavy atom. The number of aromatic hydroxyl groups is 1. The van der Waals surface area contributed by atoms with Gasteiger partial charge in [0.25, 0.3) is 0 Å². The molecule has 0 spiro atoms. The van der Waals surface area contributed by atoms with Gasteiger partial charge in [0.05, 0.1) is 35.7 Å². The monoisotopic (exact) mass is 744 g/mol. The van der Waals surface area contributed by atoms with Crippen LogP contribution in [0.4, 0.5) is 22.7 Å². The molecule has 282 valence electrons. The summed E-state index contributed by atoms with van der Waals surface area (Å²) in [6, 6.07) is 43.5. The maximum absolute atomic E-state index is 12.3. The van der Waals surface area contributed by atoms with E-state index < -0.39 is 5.63 Å². The van der Waals surface area contributed by atoms with Crippen molar-refractivity contribution in [3.8, 4) is 28.4 Å². The molecule has 0 saturated heterocycles. The Hall–Kier alpha value is -6.61. The highest BCUT2D eigenvalue weighted by atomic mass is 16.5. The van der Waals surface area contributed by atoms with E-state index in [2.05, 4.69) is 32.6 Å². The lowest BCUT2D eigenvalue weighted by atomic mass is 10.0. The highest BCUT2D eigenvalue weighted by Gasteiger charge is 2.14. The van der Waals surface area contributed by atoms with Crippen molar-refractivity contribution in [3.05, 3.63) is 150 Å². The van der Waals surface area contributed by atoms with Crippen LogP contribution in [0.1, 0.15) is 51.4 Å². The summed E-state index contributed by atoms with van der Waals surface area (Å²) < 4.78 is 17.6. The average Bonchev–Trinajstić information content (AvgIpc) is 3.23. The van der Waals surface area contributed by atoms with Gasteiger partial charge in [0, 0.05) is 29.1 Å². The van der Waals surface area contributed by atoms with Crippen molar-refractivity contribution in [2.45, 2.75) is 51.4 Å². The zero-order valence-electron chi connectivity index (χ0n) is 31.2. The highest BCUT2D eigenvalue weighted by Crippen LogP contribution is 2.38. The van der Waals surface area contributed by atoms with Gasteiger partial charge in [-0.2, -0.15) is 15.3 Å². The fourth-order valence-electron chi connectivity index (χ4n) is 6.58. The Morgan fingerprint density at radius 3 is 1.80 bits per heavy atom. The minimum atomic E-state index is -0.472. The first-order valence-electron chi connectivity index (χ1n) is 19.2. The molecule has 0 bridgehead atoms. The smallest absolute Gasteiger partial charge is 0.336 e. The molecule has 1 aromatic heterocycles. The Kier molecular flexibility index (Phi) is 12.9. The maximum atomic E-state index is 12.3. The number of azo groups is 2. The minimum absolute atomic E-state index is 0.0234. The molecule has 56 heavy (non-hydrogen) atoms. The molecular formula is C47H44N4O5. The van der Waals surface area contributed by atoms with E-state index in [0.717, 1.165) is 84.1 Å². The number of phenols is 1. The van der Waals surface area contributed by atoms with E-state index in [9.17, 15) is 9.90 Å². The third-order valence-corrected chi connectivity index (χ3v) is 9.46. The number of hydrogen-bond acceptors (Lipinski definition) is 9. The fraction of sp³-hybridized carbons (Fsp3) is 0.213. The van der Waals surface area contributed by atoms with Gasteiger partial charge in [-0.1, -0.05) is 117 Å². The topological polar surface area (TPSA) is 118 Å². The largest absolute Gasteiger partial charge is 0.507 e. The molecular weight excluding hydrogens is 701 g/mol. The molecule has 7 aromatic rings. The number of hydrogen-bond donors (Lipinski definition) is 1. The number of nitrogens with zero attached hydrogens (tertiary/aromatic N) is 4. The molecule has 0 amide bonds. The second-order valence-electron chi connectivity index (χ2n) is 13.6. The summed E-state index contributed by atoms with van der Waals surface area (Å²) >= 11 is 0. The normalized spacial score (nSPS) is 11.6. The summed E-state index contributed by atoms with van der Waals surface area (Å²) in [5, 5.41) is 31.2. The minimum Gasteiger partial charge on any atom is -0.507 e. The van der Waals surface area contributed by atoms with Gasteiger partial charge >= 0.3 is 5.63 Å². The predicted molar refractivity (Wildman–Crippen MR) is 223 cm³/mol. The van der Waals surface area contributed by atoms with Crippen molar-refractivity contribution in [2.75, 3.05) is 13.2 Å². The van der Waals surface area contributed by atoms with Crippen LogP contribution in [-0.2, 0) is 0 Å². The molecule has 9 heteroatoms. The molecule has 0 aliphatic rings. The molecule has 0 radical (unpaired) electrons. The van der Waals surface area contributed by atoms with Gasteiger partial charge in [-0.15, -0.1) is 5.11 Å². The molecule has 0 atom stereocenters. The molecule has 1 N–H and O–H groups in total. The molecule has 9 nitrogen and oxygen atoms in total. The Bertz CT molecular complexity index is 2460. The van der Waals surface area contributed by atoms with Crippen LogP contribution in [0, 0.1) is 0 Å². The molecule has 0 saturated carbocycles. The summed E-state index contributed by atoms with van der Waals surface area (Å²) in [5.41, 5.74) is 4.28. The van der Waals surface area contributed by atoms with Crippen molar-refractivity contribution < 1.29 is 19.0 Å². The SMILES string of the molecule is O=c1cc(-c2ccccc2)c2c(O)cc(OCCCCCCCCCCOc3ccc4ccccc4c3N=Nc3ccc(N=Nc4ccccc4)cc3)cc2o1. The Balaban J connectivity index is 0.820. The van der Waals surface area contributed by atoms with Crippen LogP contribution >= 0.6 is 0 Å². The number of benzene rings is 6. The van der Waals surface area contributed by atoms with Crippen molar-refractivity contribution in [1.82, 2.24) is 0 Å². The summed E-state index contributed by atoms with van der Waals surface area (Å²) in [6.07, 6.45) is 8.62. The van der Waals surface area contributed by atoms with Crippen LogP contribution in [0.2, 0.25) is 0 Å². The van der Waals surface area contributed by atoms with E-state index in [-0.39, 0.29) is 5.75 Å². The summed E-state index contributed by atoms with van der Waals surface area (Å²) in [7, 11) is 0. The average molecular weight is 745 g/mol. The van der Waals surface area contributed by atoms with Crippen LogP contribution in [0.3, 0.4) is 0 Å². The number of phenolic OH excluding ortho intramolecular Hbond substituents is 1. The lowest BCUT2D eigenvalue weighted by Crippen LogP contribution is -2.00. The quantitative estimate of drug-likeness (QED) is 0.0533. The number of ether oxygens (including phenoxy) is 2. The van der Waals surface area contributed by atoms with Gasteiger partial charge in [-0.3, -0.25) is 0 Å². The molecule has 0 fully saturated rings. The Morgan fingerprint density at radius 1 is 0.536 bits per heavy atom. The third kappa shape index (κ3) is 10.1. The summed E-state index contributed by atoms with van der Waals surface area (Å²) in [4.78, 5) is 12.3. The number of fused-ring (bicyclic) bond motifs is 2. The van der Waals surface area contributed by atoms with E-state index in [1.165, 1.54) is 12.5 Å². The van der Waals surface area contributed by atoms with Gasteiger partial charge < -0.3 is 19.0 Å². The third-order valence-electron chi connectivity index (χ3n) is 9.46. The molecule has 6 aromatic carbocycles. The van der Waals surface area contributed by atoms with E-state index in [0.29, 0.717) is 41.2 Å². The van der Waals surface area contributed by atoms with Gasteiger partial charge in [-0.05, 0) is 66.3 Å². The van der Waals surface area contributed by atoms with Gasteiger partial charge in [-0.25, -0.2) is 4.79 Å². The van der Waals surface area contributed by atoms with Gasteiger partial charge in [0.2, 0.25) is 0 Å². The van der Waals surface area contributed by atoms with Crippen molar-refractivity contribution in [2.24, 2.45) is 20.5 Å². The predicted octanol–water partition coefficient (Wildman–Crippen LogP) is 13.7. The summed E-state index contributed by atoms with van der Waals surface area (Å²) in [5.74, 6) is 1.23. The Labute approximate surface area is 326 Å². The first-order valence-corrected chi connectivity index (χ1v) is 19.2. The first-order chi connectivity index (χ1) is 27.6. The van der Waals surface area contributed by atoms with Gasteiger partial charge in [0.1, 0.15) is 28.5 Å². The standard InChI is InChI=1S/C47H44N4O5/c52-42-31-39(32-44-46(42)41(33-45(53)56-44)34-17-9-7-10-18-34)54-29-15-5-3-1-2-4-6-16-30-55-43-28-23-35-19-13-14-22-40(35)47(43)51-50-38-26-24-37(25-27-38)49-48-36-20-11-8-12-21-36/h7-14,17-28,31-33,52H,1-6,15-16,29-30H2. The van der Waals surface area contributed by atoms with E-state index >= 15 is 0 Å². The van der Waals surface area contributed by atoms with Gasteiger partial charge in [0.15, 0.2) is 0 Å². The van der Waals surface area contributed by atoms with Crippen LogP contribution in [-0.4, -0.2) is 18.3 Å². The van der Waals surface area contributed by atoms with Crippen LogP contribution in [0.25, 0.3) is 32.9 Å². The van der Waals surface area contributed by atoms with Crippen molar-refractivity contribution >= 4 is 44.5 Å². The molecule has 0 aliphatic carbocycles. The van der Waals surface area contributed by atoms with Crippen molar-refractivity contribution in [3.63, 3.8) is 0 Å². The second-order valence-corrected chi connectivity index (χ2v) is 13.6. The van der Waals surface area contributed by atoms with Crippen LogP contribution < -0.4 is 15.1 Å². The maximum Gasteiger partial charge on any atom is 0.336 e. The lowest BCUT2D eigenvalue weighted by Gasteiger charge is -2.11. The molecule has 0 aliphatic heterocycles. The molecule has 1 heterocycles. The zero-order valence-corrected chi connectivity index (χ0v) is 31.2. The van der Waals surface area contributed by atoms with Crippen LogP contribution in [0.5, 0.6) is 17.2 Å². The van der Waals surface area contributed by atoms with E-state index in [4.69, 9.17) is 13.9 Å². The lowest BCUT2D eigenvalue weighted by molar-refractivity contribution is 0.300. The first kappa shape index (κ1) is 37.7. The van der Waals surface area contributed by atoms with Crippen LogP contribution in [0.15, 0.2) is 169 Å².